The number of halogens is 3. The number of aromatic amines is 1. The second-order valence-electron chi connectivity index (χ2n) is 10.8. The predicted molar refractivity (Wildman–Crippen MR) is 177 cm³/mol. The summed E-state index contributed by atoms with van der Waals surface area (Å²) in [6.45, 7) is 0.501. The molecule has 1 atom stereocenters. The fraction of sp³-hybridized carbons (Fsp3) is 0.206. The van der Waals surface area contributed by atoms with Gasteiger partial charge in [0.15, 0.2) is 11.5 Å². The van der Waals surface area contributed by atoms with E-state index in [9.17, 15) is 18.0 Å². The van der Waals surface area contributed by atoms with Crippen molar-refractivity contribution < 1.29 is 27.4 Å². The Hall–Kier alpha value is -5.17. The highest BCUT2D eigenvalue weighted by atomic mass is 32.2. The number of pyridine rings is 1. The molecule has 0 saturated heterocycles. The molecule has 0 spiro atoms. The Labute approximate surface area is 273 Å². The van der Waals surface area contributed by atoms with Crippen LogP contribution in [0, 0.1) is 5.41 Å². The normalized spacial score (nSPS) is 14.4. The number of amides is 1. The van der Waals surface area contributed by atoms with Crippen LogP contribution in [0.15, 0.2) is 85.2 Å². The van der Waals surface area contributed by atoms with E-state index >= 15 is 0 Å². The maximum absolute atomic E-state index is 13.2. The van der Waals surface area contributed by atoms with E-state index in [1.165, 1.54) is 38.1 Å². The van der Waals surface area contributed by atoms with Crippen molar-refractivity contribution in [2.24, 2.45) is 0 Å². The minimum atomic E-state index is -4.41. The quantitative estimate of drug-likeness (QED) is 0.128. The van der Waals surface area contributed by atoms with Gasteiger partial charge in [-0.2, -0.15) is 13.2 Å². The van der Waals surface area contributed by atoms with Crippen LogP contribution in [-0.4, -0.2) is 59.4 Å². The molecule has 6 rings (SSSR count). The van der Waals surface area contributed by atoms with E-state index in [-0.39, 0.29) is 24.8 Å². The van der Waals surface area contributed by atoms with E-state index < -0.39 is 17.2 Å². The van der Waals surface area contributed by atoms with Crippen LogP contribution in [0.1, 0.15) is 27.2 Å². The molecule has 4 N–H and O–H groups in total. The summed E-state index contributed by atoms with van der Waals surface area (Å²) in [6.07, 6.45) is -0.907. The summed E-state index contributed by atoms with van der Waals surface area (Å²) in [5.74, 6) is 1.25. The largest absolute Gasteiger partial charge is 0.493 e. The predicted octanol–water partition coefficient (Wildman–Crippen LogP) is 6.97. The van der Waals surface area contributed by atoms with Gasteiger partial charge in [-0.1, -0.05) is 24.3 Å². The highest BCUT2D eigenvalue weighted by Gasteiger charge is 2.32. The summed E-state index contributed by atoms with van der Waals surface area (Å²) >= 11 is 1.42. The van der Waals surface area contributed by atoms with Crippen molar-refractivity contribution in [3.05, 3.63) is 108 Å². The van der Waals surface area contributed by atoms with Gasteiger partial charge in [0.2, 0.25) is 0 Å². The van der Waals surface area contributed by atoms with Gasteiger partial charge in [-0.15, -0.1) is 11.8 Å². The van der Waals surface area contributed by atoms with E-state index in [1.54, 1.807) is 35.5 Å². The highest BCUT2D eigenvalue weighted by molar-refractivity contribution is 7.99. The van der Waals surface area contributed by atoms with Crippen LogP contribution in [0.3, 0.4) is 0 Å². The van der Waals surface area contributed by atoms with Crippen molar-refractivity contribution in [1.82, 2.24) is 20.2 Å². The molecular weight excluding hydrogens is 629 g/mol. The Morgan fingerprint density at radius 1 is 1.02 bits per heavy atom. The summed E-state index contributed by atoms with van der Waals surface area (Å²) in [5.41, 5.74) is 3.96. The molecule has 5 aromatic rings. The number of fused-ring (bicyclic) bond motifs is 2. The molecule has 0 saturated carbocycles. The molecule has 1 unspecified atom stereocenters. The molecule has 1 aliphatic rings. The molecule has 1 aliphatic heterocycles. The Morgan fingerprint density at radius 3 is 2.49 bits per heavy atom. The SMILES string of the molecule is COc1cc2c(cc1OC)C(=N)N(CCNC(=O)c1cc3cc(-c4cccnc4)ccc3[nH]1)C(SCc1ccc(C(F)(F)F)cc1)N2. The molecule has 0 aliphatic carbocycles. The van der Waals surface area contributed by atoms with Crippen LogP contribution in [0.2, 0.25) is 0 Å². The first-order valence-electron chi connectivity index (χ1n) is 14.6. The molecular formula is C34H31F3N6O3S. The zero-order valence-electron chi connectivity index (χ0n) is 25.4. The van der Waals surface area contributed by atoms with Crippen LogP contribution in [-0.2, 0) is 11.9 Å². The van der Waals surface area contributed by atoms with Crippen LogP contribution in [0.4, 0.5) is 18.9 Å². The first-order valence-corrected chi connectivity index (χ1v) is 15.7. The molecule has 0 bridgehead atoms. The number of nitrogens with zero attached hydrogens (tertiary/aromatic N) is 2. The topological polar surface area (TPSA) is 115 Å². The number of amidine groups is 1. The van der Waals surface area contributed by atoms with Crippen molar-refractivity contribution in [2.75, 3.05) is 32.6 Å². The smallest absolute Gasteiger partial charge is 0.416 e. The second-order valence-corrected chi connectivity index (χ2v) is 11.8. The van der Waals surface area contributed by atoms with Crippen molar-refractivity contribution in [3.8, 4) is 22.6 Å². The zero-order chi connectivity index (χ0) is 33.1. The number of hydrogen-bond acceptors (Lipinski definition) is 7. The molecule has 1 amide bonds. The summed E-state index contributed by atoms with van der Waals surface area (Å²) in [6, 6.07) is 20.1. The van der Waals surface area contributed by atoms with Crippen molar-refractivity contribution in [1.29, 1.82) is 5.41 Å². The number of rotatable bonds is 10. The Morgan fingerprint density at radius 2 is 1.79 bits per heavy atom. The minimum Gasteiger partial charge on any atom is -0.493 e. The number of carbonyl (C=O) groups is 1. The summed E-state index contributed by atoms with van der Waals surface area (Å²) in [4.78, 5) is 22.3. The molecule has 13 heteroatoms. The number of aromatic nitrogens is 2. The molecule has 3 aromatic carbocycles. The highest BCUT2D eigenvalue weighted by Crippen LogP contribution is 2.39. The number of methoxy groups -OCH3 is 2. The summed E-state index contributed by atoms with van der Waals surface area (Å²) in [7, 11) is 3.04. The van der Waals surface area contributed by atoms with E-state index in [4.69, 9.17) is 14.9 Å². The molecule has 0 radical (unpaired) electrons. The van der Waals surface area contributed by atoms with Gasteiger partial charge in [0.1, 0.15) is 17.0 Å². The molecule has 3 heterocycles. The van der Waals surface area contributed by atoms with Gasteiger partial charge in [0.25, 0.3) is 5.91 Å². The molecule has 47 heavy (non-hydrogen) atoms. The van der Waals surface area contributed by atoms with E-state index in [0.29, 0.717) is 39.8 Å². The van der Waals surface area contributed by atoms with Crippen LogP contribution >= 0.6 is 11.8 Å². The first-order chi connectivity index (χ1) is 22.6. The van der Waals surface area contributed by atoms with Crippen LogP contribution in [0.25, 0.3) is 22.0 Å². The van der Waals surface area contributed by atoms with Gasteiger partial charge in [-0.3, -0.25) is 15.2 Å². The number of nitrogens with one attached hydrogen (secondary N) is 4. The first kappa shape index (κ1) is 31.8. The number of alkyl halides is 3. The zero-order valence-corrected chi connectivity index (χ0v) is 26.3. The number of ether oxygens (including phenoxy) is 2. The third-order valence-corrected chi connectivity index (χ3v) is 9.00. The fourth-order valence-corrected chi connectivity index (χ4v) is 6.50. The van der Waals surface area contributed by atoms with E-state index in [0.717, 1.165) is 34.2 Å². The number of anilines is 1. The molecule has 0 fully saturated rings. The van der Waals surface area contributed by atoms with Gasteiger partial charge in [-0.25, -0.2) is 0 Å². The fourth-order valence-electron chi connectivity index (χ4n) is 5.36. The lowest BCUT2D eigenvalue weighted by Crippen LogP contribution is -2.49. The van der Waals surface area contributed by atoms with Crippen molar-refractivity contribution >= 4 is 40.1 Å². The number of hydrogen-bond donors (Lipinski definition) is 4. The third-order valence-electron chi connectivity index (χ3n) is 7.82. The number of carbonyl (C=O) groups excluding carboxylic acids is 1. The summed E-state index contributed by atoms with van der Waals surface area (Å²) < 4.78 is 50.1. The van der Waals surface area contributed by atoms with Gasteiger partial charge in [-0.05, 0) is 53.6 Å². The lowest BCUT2D eigenvalue weighted by Gasteiger charge is -2.39. The Kier molecular flexibility index (Phi) is 8.99. The average molecular weight is 661 g/mol. The molecule has 9 nitrogen and oxygen atoms in total. The van der Waals surface area contributed by atoms with Crippen LogP contribution in [0.5, 0.6) is 11.5 Å². The Balaban J connectivity index is 1.17. The van der Waals surface area contributed by atoms with Gasteiger partial charge in [0, 0.05) is 59.3 Å². The number of benzene rings is 3. The van der Waals surface area contributed by atoms with Crippen molar-refractivity contribution in [2.45, 2.75) is 17.4 Å². The number of H-pyrrole nitrogens is 1. The second kappa shape index (κ2) is 13.3. The van der Waals surface area contributed by atoms with Gasteiger partial charge in [0.05, 0.1) is 25.5 Å². The molecule has 242 valence electrons. The minimum absolute atomic E-state index is 0.201. The third kappa shape index (κ3) is 6.85. The molecule has 2 aromatic heterocycles. The average Bonchev–Trinajstić information content (AvgIpc) is 3.52. The van der Waals surface area contributed by atoms with Gasteiger partial charge >= 0.3 is 6.18 Å². The lowest BCUT2D eigenvalue weighted by molar-refractivity contribution is -0.137. The maximum Gasteiger partial charge on any atom is 0.416 e. The standard InChI is InChI=1S/C34H31F3N6O3S/c1-45-29-16-25-27(17-30(29)46-2)42-33(47-19-20-5-8-24(9-6-20)34(35,36)37)43(31(25)38)13-12-40-32(44)28-15-23-14-21(7-10-26(23)41-28)22-4-3-11-39-18-22/h3-11,14-18,33,38,41-42H,12-13,19H2,1-2H3,(H,40,44). The lowest BCUT2D eigenvalue weighted by atomic mass is 10.1. The van der Waals surface area contributed by atoms with Crippen LogP contribution < -0.4 is 20.1 Å². The Bertz CT molecular complexity index is 1910. The monoisotopic (exact) mass is 660 g/mol. The van der Waals surface area contributed by atoms with E-state index in [2.05, 4.69) is 20.6 Å². The van der Waals surface area contributed by atoms with Crippen molar-refractivity contribution in [3.63, 3.8) is 0 Å². The van der Waals surface area contributed by atoms with Gasteiger partial charge < -0.3 is 30.0 Å². The number of thioether (sulfide) groups is 1. The van der Waals surface area contributed by atoms with E-state index in [1.807, 2.05) is 30.3 Å². The maximum atomic E-state index is 13.2. The summed E-state index contributed by atoms with van der Waals surface area (Å²) in [5, 5.41) is 16.3.